The van der Waals surface area contributed by atoms with E-state index in [0.717, 1.165) is 27.5 Å². The largest absolute Gasteiger partial charge is 0.368 e. The Labute approximate surface area is 110 Å². The highest BCUT2D eigenvalue weighted by Gasteiger charge is 2.09. The van der Waals surface area contributed by atoms with E-state index in [2.05, 4.69) is 19.9 Å². The summed E-state index contributed by atoms with van der Waals surface area (Å²) in [5, 5.41) is 1.49. The molecule has 0 fully saturated rings. The number of anilines is 1. The van der Waals surface area contributed by atoms with Gasteiger partial charge < -0.3 is 5.73 Å². The molecular weight excluding hydrogens is 246 g/mol. The predicted molar refractivity (Wildman–Crippen MR) is 71.5 cm³/mol. The van der Waals surface area contributed by atoms with E-state index in [1.165, 1.54) is 11.8 Å². The lowest BCUT2D eigenvalue weighted by Crippen LogP contribution is -2.00. The van der Waals surface area contributed by atoms with Crippen LogP contribution in [0, 0.1) is 27.7 Å². The summed E-state index contributed by atoms with van der Waals surface area (Å²) in [5.41, 5.74) is 9.66. The zero-order chi connectivity index (χ0) is 13.3. The molecule has 0 amide bonds. The summed E-state index contributed by atoms with van der Waals surface area (Å²) in [7, 11) is 0. The second kappa shape index (κ2) is 4.89. The topological polar surface area (TPSA) is 77.6 Å². The molecule has 2 heterocycles. The van der Waals surface area contributed by atoms with Gasteiger partial charge in [0.25, 0.3) is 0 Å². The van der Waals surface area contributed by atoms with E-state index >= 15 is 0 Å². The zero-order valence-electron chi connectivity index (χ0n) is 10.9. The molecule has 0 spiro atoms. The molecule has 2 N–H and O–H groups in total. The van der Waals surface area contributed by atoms with Gasteiger partial charge in [0.05, 0.1) is 0 Å². The molecule has 0 aliphatic heterocycles. The van der Waals surface area contributed by atoms with Crippen LogP contribution in [0.15, 0.2) is 16.4 Å². The maximum atomic E-state index is 5.59. The van der Waals surface area contributed by atoms with Gasteiger partial charge in [0.1, 0.15) is 5.03 Å². The van der Waals surface area contributed by atoms with E-state index in [1.807, 2.05) is 27.7 Å². The first kappa shape index (κ1) is 12.8. The summed E-state index contributed by atoms with van der Waals surface area (Å²) < 4.78 is 0. The molecule has 18 heavy (non-hydrogen) atoms. The van der Waals surface area contributed by atoms with E-state index in [-0.39, 0.29) is 5.95 Å². The van der Waals surface area contributed by atoms with Crippen LogP contribution in [0.2, 0.25) is 0 Å². The molecule has 0 radical (unpaired) electrons. The summed E-state index contributed by atoms with van der Waals surface area (Å²) in [6, 6.07) is 0. The van der Waals surface area contributed by atoms with Crippen LogP contribution in [0.25, 0.3) is 0 Å². The summed E-state index contributed by atoms with van der Waals surface area (Å²) >= 11 is 1.41. The Morgan fingerprint density at radius 1 is 1.00 bits per heavy atom. The van der Waals surface area contributed by atoms with Gasteiger partial charge in [-0.05, 0) is 45.0 Å². The van der Waals surface area contributed by atoms with E-state index in [0.29, 0.717) is 5.16 Å². The van der Waals surface area contributed by atoms with Gasteiger partial charge in [0.2, 0.25) is 5.95 Å². The molecule has 0 saturated carbocycles. The van der Waals surface area contributed by atoms with Crippen molar-refractivity contribution in [3.8, 4) is 0 Å². The fraction of sp³-hybridized carbons (Fsp3) is 0.333. The number of nitrogens with zero attached hydrogens (tertiary/aromatic N) is 4. The van der Waals surface area contributed by atoms with Gasteiger partial charge in [-0.2, -0.15) is 0 Å². The van der Waals surface area contributed by atoms with Crippen LogP contribution >= 0.6 is 11.8 Å². The van der Waals surface area contributed by atoms with Crippen LogP contribution in [-0.2, 0) is 0 Å². The third-order valence-corrected chi connectivity index (χ3v) is 3.72. The van der Waals surface area contributed by atoms with E-state index in [9.17, 15) is 0 Å². The maximum absolute atomic E-state index is 5.59. The van der Waals surface area contributed by atoms with Crippen LogP contribution in [0.5, 0.6) is 0 Å². The van der Waals surface area contributed by atoms with Crippen LogP contribution in [0.4, 0.5) is 5.95 Å². The maximum Gasteiger partial charge on any atom is 0.221 e. The third-order valence-electron chi connectivity index (χ3n) is 2.74. The molecule has 0 bridgehead atoms. The molecule has 0 aromatic carbocycles. The lowest BCUT2D eigenvalue weighted by molar-refractivity contribution is 0.876. The average molecular weight is 261 g/mol. The Morgan fingerprint density at radius 2 is 1.61 bits per heavy atom. The minimum atomic E-state index is 0.267. The molecule has 6 heteroatoms. The minimum absolute atomic E-state index is 0.267. The van der Waals surface area contributed by atoms with Crippen LogP contribution in [0.3, 0.4) is 0 Å². The van der Waals surface area contributed by atoms with Crippen molar-refractivity contribution in [3.63, 3.8) is 0 Å². The third kappa shape index (κ3) is 2.59. The number of rotatable bonds is 2. The van der Waals surface area contributed by atoms with Crippen molar-refractivity contribution in [2.45, 2.75) is 37.9 Å². The van der Waals surface area contributed by atoms with Crippen LogP contribution < -0.4 is 5.73 Å². The van der Waals surface area contributed by atoms with Gasteiger partial charge in [-0.3, -0.25) is 0 Å². The van der Waals surface area contributed by atoms with Crippen LogP contribution in [0.1, 0.15) is 22.5 Å². The molecule has 0 saturated heterocycles. The lowest BCUT2D eigenvalue weighted by Gasteiger charge is -2.07. The Balaban J connectivity index is 2.37. The van der Waals surface area contributed by atoms with Gasteiger partial charge in [-0.1, -0.05) is 0 Å². The molecule has 2 aromatic rings. The molecule has 0 aliphatic rings. The van der Waals surface area contributed by atoms with Gasteiger partial charge in [0.15, 0.2) is 5.16 Å². The highest BCUT2D eigenvalue weighted by molar-refractivity contribution is 7.99. The normalized spacial score (nSPS) is 10.7. The average Bonchev–Trinajstić information content (AvgIpc) is 2.31. The monoisotopic (exact) mass is 261 g/mol. The highest BCUT2D eigenvalue weighted by atomic mass is 32.2. The number of aryl methyl sites for hydroxylation is 3. The number of nitrogen functional groups attached to an aromatic ring is 1. The number of aromatic nitrogens is 4. The van der Waals surface area contributed by atoms with Crippen molar-refractivity contribution in [3.05, 3.63) is 28.7 Å². The Bertz CT molecular complexity index is 574. The first-order valence-electron chi connectivity index (χ1n) is 5.56. The van der Waals surface area contributed by atoms with E-state index < -0.39 is 0 Å². The zero-order valence-corrected chi connectivity index (χ0v) is 11.7. The first-order valence-corrected chi connectivity index (χ1v) is 6.38. The van der Waals surface area contributed by atoms with Crippen molar-refractivity contribution in [1.29, 1.82) is 0 Å². The summed E-state index contributed by atoms with van der Waals surface area (Å²) in [6.07, 6.45) is 1.71. The van der Waals surface area contributed by atoms with Crippen molar-refractivity contribution < 1.29 is 0 Å². The van der Waals surface area contributed by atoms with Crippen molar-refractivity contribution in [2.75, 3.05) is 5.73 Å². The summed E-state index contributed by atoms with van der Waals surface area (Å²) in [4.78, 5) is 17.0. The first-order chi connectivity index (χ1) is 8.47. The number of hydrogen-bond acceptors (Lipinski definition) is 6. The van der Waals surface area contributed by atoms with Gasteiger partial charge in [0, 0.05) is 23.1 Å². The molecular formula is C12H15N5S. The minimum Gasteiger partial charge on any atom is -0.368 e. The standard InChI is InChI=1S/C12H15N5S/c1-6-5-14-11(13)17-10(6)18-12-15-8(3)7(2)9(4)16-12/h5H,1-4H3,(H2,13,14,17). The molecule has 5 nitrogen and oxygen atoms in total. The summed E-state index contributed by atoms with van der Waals surface area (Å²) in [5.74, 6) is 0.267. The van der Waals surface area contributed by atoms with Gasteiger partial charge in [-0.15, -0.1) is 0 Å². The Kier molecular flexibility index (Phi) is 3.47. The smallest absolute Gasteiger partial charge is 0.221 e. The Hall–Kier alpha value is -1.69. The predicted octanol–water partition coefficient (Wildman–Crippen LogP) is 2.23. The van der Waals surface area contributed by atoms with Crippen molar-refractivity contribution in [1.82, 2.24) is 19.9 Å². The summed E-state index contributed by atoms with van der Waals surface area (Å²) in [6.45, 7) is 7.92. The second-order valence-electron chi connectivity index (χ2n) is 4.12. The highest BCUT2D eigenvalue weighted by Crippen LogP contribution is 2.26. The molecule has 0 atom stereocenters. The lowest BCUT2D eigenvalue weighted by atomic mass is 10.2. The second-order valence-corrected chi connectivity index (χ2v) is 5.08. The van der Waals surface area contributed by atoms with Crippen molar-refractivity contribution in [2.24, 2.45) is 0 Å². The quantitative estimate of drug-likeness (QED) is 0.660. The number of hydrogen-bond donors (Lipinski definition) is 1. The van der Waals surface area contributed by atoms with Crippen LogP contribution in [-0.4, -0.2) is 19.9 Å². The van der Waals surface area contributed by atoms with Crippen molar-refractivity contribution >= 4 is 17.7 Å². The molecule has 2 aromatic heterocycles. The Morgan fingerprint density at radius 3 is 2.22 bits per heavy atom. The van der Waals surface area contributed by atoms with E-state index in [4.69, 9.17) is 5.73 Å². The SMILES string of the molecule is Cc1cnc(N)nc1Sc1nc(C)c(C)c(C)n1. The van der Waals surface area contributed by atoms with E-state index in [1.54, 1.807) is 6.20 Å². The van der Waals surface area contributed by atoms with Gasteiger partial charge in [-0.25, -0.2) is 19.9 Å². The van der Waals surface area contributed by atoms with Gasteiger partial charge >= 0.3 is 0 Å². The molecule has 0 unspecified atom stereocenters. The molecule has 2 rings (SSSR count). The number of nitrogens with two attached hydrogens (primary N) is 1. The molecule has 0 aliphatic carbocycles. The molecule has 94 valence electrons. The fourth-order valence-electron chi connectivity index (χ4n) is 1.42. The fourth-order valence-corrected chi connectivity index (χ4v) is 2.31.